The molecule has 2 heterocycles. The quantitative estimate of drug-likeness (QED) is 0.873. The molecule has 108 valence electrons. The van der Waals surface area contributed by atoms with Gasteiger partial charge in [0.1, 0.15) is 5.54 Å². The van der Waals surface area contributed by atoms with Crippen LogP contribution in [0.25, 0.3) is 0 Å². The summed E-state index contributed by atoms with van der Waals surface area (Å²) in [6, 6.07) is 7.97. The number of ether oxygens (including phenoxy) is 1. The highest BCUT2D eigenvalue weighted by atomic mass is 16.5. The summed E-state index contributed by atoms with van der Waals surface area (Å²) in [4.78, 5) is 14.6. The third-order valence-electron chi connectivity index (χ3n) is 4.08. The average molecular weight is 275 g/mol. The van der Waals surface area contributed by atoms with Crippen LogP contribution in [-0.2, 0) is 9.53 Å². The average Bonchev–Trinajstić information content (AvgIpc) is 3.11. The summed E-state index contributed by atoms with van der Waals surface area (Å²) in [5.41, 5.74) is 7.14. The number of rotatable bonds is 3. The molecule has 2 fully saturated rings. The van der Waals surface area contributed by atoms with Gasteiger partial charge in [0.2, 0.25) is 5.91 Å². The number of carbonyl (C=O) groups excluding carboxylic acids is 1. The van der Waals surface area contributed by atoms with Crippen LogP contribution < -0.4 is 16.0 Å². The van der Waals surface area contributed by atoms with E-state index >= 15 is 0 Å². The number of benzene rings is 1. The molecule has 3 rings (SSSR count). The van der Waals surface area contributed by atoms with Crippen molar-refractivity contribution in [1.82, 2.24) is 0 Å². The van der Waals surface area contributed by atoms with Crippen molar-refractivity contribution in [1.29, 1.82) is 0 Å². The molecule has 1 aromatic carbocycles. The van der Waals surface area contributed by atoms with E-state index in [0.29, 0.717) is 19.6 Å². The van der Waals surface area contributed by atoms with Crippen molar-refractivity contribution in [3.63, 3.8) is 0 Å². The molecule has 0 saturated carbocycles. The van der Waals surface area contributed by atoms with Crippen molar-refractivity contribution in [3.05, 3.63) is 24.3 Å². The molecule has 5 heteroatoms. The van der Waals surface area contributed by atoms with Gasteiger partial charge in [0, 0.05) is 31.1 Å². The van der Waals surface area contributed by atoms with E-state index in [0.717, 1.165) is 24.5 Å². The molecule has 0 aromatic heterocycles. The van der Waals surface area contributed by atoms with Crippen molar-refractivity contribution < 1.29 is 9.53 Å². The Kier molecular flexibility index (Phi) is 3.63. The van der Waals surface area contributed by atoms with Gasteiger partial charge in [-0.25, -0.2) is 0 Å². The van der Waals surface area contributed by atoms with Gasteiger partial charge in [0.25, 0.3) is 0 Å². The summed E-state index contributed by atoms with van der Waals surface area (Å²) >= 11 is 0. The van der Waals surface area contributed by atoms with Gasteiger partial charge in [-0.3, -0.25) is 4.79 Å². The fourth-order valence-corrected chi connectivity index (χ4v) is 2.77. The Morgan fingerprint density at radius 2 is 2.15 bits per heavy atom. The number of anilines is 2. The zero-order valence-electron chi connectivity index (χ0n) is 11.6. The van der Waals surface area contributed by atoms with E-state index in [1.54, 1.807) is 0 Å². The van der Waals surface area contributed by atoms with Crippen molar-refractivity contribution in [2.45, 2.75) is 24.8 Å². The number of nitrogens with one attached hydrogen (secondary N) is 1. The van der Waals surface area contributed by atoms with E-state index in [1.165, 1.54) is 12.8 Å². The summed E-state index contributed by atoms with van der Waals surface area (Å²) in [6.07, 6.45) is 3.05. The minimum Gasteiger partial charge on any atom is -0.379 e. The van der Waals surface area contributed by atoms with Gasteiger partial charge < -0.3 is 20.7 Å². The number of hydrogen-bond donors (Lipinski definition) is 2. The summed E-state index contributed by atoms with van der Waals surface area (Å²) in [7, 11) is 0. The molecule has 2 aliphatic heterocycles. The van der Waals surface area contributed by atoms with Gasteiger partial charge in [-0.05, 0) is 37.5 Å². The van der Waals surface area contributed by atoms with Crippen LogP contribution in [0.3, 0.4) is 0 Å². The molecule has 0 aliphatic carbocycles. The molecule has 1 amide bonds. The van der Waals surface area contributed by atoms with Crippen molar-refractivity contribution in [2.75, 3.05) is 36.5 Å². The number of amides is 1. The van der Waals surface area contributed by atoms with Crippen LogP contribution in [0.1, 0.15) is 19.3 Å². The molecular formula is C15H21N3O2. The second kappa shape index (κ2) is 5.42. The van der Waals surface area contributed by atoms with Crippen LogP contribution >= 0.6 is 0 Å². The molecule has 1 unspecified atom stereocenters. The first-order valence-corrected chi connectivity index (χ1v) is 7.20. The van der Waals surface area contributed by atoms with E-state index in [9.17, 15) is 4.79 Å². The third kappa shape index (κ3) is 2.64. The largest absolute Gasteiger partial charge is 0.379 e. The molecule has 3 N–H and O–H groups in total. The normalized spacial score (nSPS) is 25.9. The molecule has 0 bridgehead atoms. The molecular weight excluding hydrogens is 254 g/mol. The molecule has 20 heavy (non-hydrogen) atoms. The first-order valence-electron chi connectivity index (χ1n) is 7.20. The Hall–Kier alpha value is -1.59. The summed E-state index contributed by atoms with van der Waals surface area (Å²) in [5.74, 6) is -0.159. The van der Waals surface area contributed by atoms with Gasteiger partial charge >= 0.3 is 0 Å². The molecule has 0 spiro atoms. The van der Waals surface area contributed by atoms with Crippen LogP contribution in [0.5, 0.6) is 0 Å². The molecule has 2 saturated heterocycles. The summed E-state index contributed by atoms with van der Waals surface area (Å²) < 4.78 is 5.23. The lowest BCUT2D eigenvalue weighted by Crippen LogP contribution is -2.51. The summed E-state index contributed by atoms with van der Waals surface area (Å²) in [5, 5.41) is 2.92. The molecule has 0 radical (unpaired) electrons. The smallest absolute Gasteiger partial charge is 0.246 e. The Labute approximate surface area is 119 Å². The fraction of sp³-hybridized carbons (Fsp3) is 0.533. The minimum atomic E-state index is -0.885. The van der Waals surface area contributed by atoms with Crippen LogP contribution in [-0.4, -0.2) is 37.7 Å². The topological polar surface area (TPSA) is 67.6 Å². The highest BCUT2D eigenvalue weighted by Crippen LogP contribution is 2.24. The zero-order valence-corrected chi connectivity index (χ0v) is 11.6. The van der Waals surface area contributed by atoms with Gasteiger partial charge in [-0.15, -0.1) is 0 Å². The number of carbonyl (C=O) groups is 1. The number of hydrogen-bond acceptors (Lipinski definition) is 4. The fourth-order valence-electron chi connectivity index (χ4n) is 2.77. The van der Waals surface area contributed by atoms with E-state index in [2.05, 4.69) is 16.3 Å². The highest BCUT2D eigenvalue weighted by molar-refractivity contribution is 5.98. The van der Waals surface area contributed by atoms with Crippen LogP contribution in [0, 0.1) is 0 Å². The van der Waals surface area contributed by atoms with Crippen LogP contribution in [0.4, 0.5) is 11.4 Å². The van der Waals surface area contributed by atoms with Gasteiger partial charge in [-0.2, -0.15) is 0 Å². The standard InChI is InChI=1S/C15H21N3O2/c16-15(6-9-20-11-15)14(19)17-12-4-3-5-13(10-12)18-7-1-2-8-18/h3-5,10H,1-2,6-9,11,16H2,(H,17,19). The first-order chi connectivity index (χ1) is 9.67. The third-order valence-corrected chi connectivity index (χ3v) is 4.08. The number of nitrogens with zero attached hydrogens (tertiary/aromatic N) is 1. The maximum absolute atomic E-state index is 12.2. The Bertz CT molecular complexity index is 492. The van der Waals surface area contributed by atoms with Gasteiger partial charge in [0.15, 0.2) is 0 Å². The van der Waals surface area contributed by atoms with Crippen molar-refractivity contribution >= 4 is 17.3 Å². The van der Waals surface area contributed by atoms with Gasteiger partial charge in [-0.1, -0.05) is 6.07 Å². The maximum Gasteiger partial charge on any atom is 0.246 e. The molecule has 1 atom stereocenters. The second-order valence-electron chi connectivity index (χ2n) is 5.66. The second-order valence-corrected chi connectivity index (χ2v) is 5.66. The minimum absolute atomic E-state index is 0.159. The number of nitrogens with two attached hydrogens (primary N) is 1. The van der Waals surface area contributed by atoms with E-state index in [-0.39, 0.29) is 5.91 Å². The predicted molar refractivity (Wildman–Crippen MR) is 78.9 cm³/mol. The van der Waals surface area contributed by atoms with Gasteiger partial charge in [0.05, 0.1) is 6.61 Å². The Balaban J connectivity index is 1.71. The van der Waals surface area contributed by atoms with E-state index < -0.39 is 5.54 Å². The highest BCUT2D eigenvalue weighted by Gasteiger charge is 2.38. The SMILES string of the molecule is NC1(C(=O)Nc2cccc(N3CCCC3)c2)CCOC1. The Morgan fingerprint density at radius 3 is 2.85 bits per heavy atom. The molecule has 1 aromatic rings. The zero-order chi connectivity index (χ0) is 14.0. The van der Waals surface area contributed by atoms with Crippen LogP contribution in [0.15, 0.2) is 24.3 Å². The van der Waals surface area contributed by atoms with Crippen molar-refractivity contribution in [3.8, 4) is 0 Å². The maximum atomic E-state index is 12.2. The molecule has 2 aliphatic rings. The Morgan fingerprint density at radius 1 is 1.35 bits per heavy atom. The lowest BCUT2D eigenvalue weighted by Gasteiger charge is -2.22. The lowest BCUT2D eigenvalue weighted by molar-refractivity contribution is -0.121. The lowest BCUT2D eigenvalue weighted by atomic mass is 9.99. The molecule has 5 nitrogen and oxygen atoms in total. The summed E-state index contributed by atoms with van der Waals surface area (Å²) in [6.45, 7) is 3.03. The van der Waals surface area contributed by atoms with Crippen LogP contribution in [0.2, 0.25) is 0 Å². The predicted octanol–water partition coefficient (Wildman–Crippen LogP) is 1.34. The van der Waals surface area contributed by atoms with E-state index in [4.69, 9.17) is 10.5 Å². The van der Waals surface area contributed by atoms with E-state index in [1.807, 2.05) is 18.2 Å². The first kappa shape index (κ1) is 13.4. The monoisotopic (exact) mass is 275 g/mol. The van der Waals surface area contributed by atoms with Crippen molar-refractivity contribution in [2.24, 2.45) is 5.73 Å².